The van der Waals surface area contributed by atoms with E-state index in [1.807, 2.05) is 25.1 Å². The lowest BCUT2D eigenvalue weighted by Crippen LogP contribution is -1.89. The molecular weight excluding hydrogens is 415 g/mol. The molecule has 1 nitrogen and oxygen atoms in total. The van der Waals surface area contributed by atoms with E-state index in [2.05, 4.69) is 31.9 Å². The number of hydrogen-bond acceptors (Lipinski definition) is 1. The third-order valence-electron chi connectivity index (χ3n) is 2.66. The Morgan fingerprint density at radius 3 is 2.47 bits per heavy atom. The summed E-state index contributed by atoms with van der Waals surface area (Å²) in [5.41, 5.74) is 2.39. The molecule has 0 N–H and O–H groups in total. The Balaban J connectivity index is 2.31. The number of rotatable bonds is 3. The van der Waals surface area contributed by atoms with Gasteiger partial charge in [0.15, 0.2) is 0 Å². The van der Waals surface area contributed by atoms with E-state index in [0.717, 1.165) is 21.1 Å². The SMILES string of the molecule is Cc1cc(Oc2cc(Cl)c(Br)cc2Cl)ccc1CBr. The van der Waals surface area contributed by atoms with Gasteiger partial charge in [-0.3, -0.25) is 0 Å². The predicted octanol–water partition coefficient (Wildman–Crippen LogP) is 6.75. The van der Waals surface area contributed by atoms with Gasteiger partial charge in [0.1, 0.15) is 11.5 Å². The Bertz CT molecular complexity index is 615. The maximum Gasteiger partial charge on any atom is 0.147 e. The Morgan fingerprint density at radius 1 is 1.11 bits per heavy atom. The zero-order valence-corrected chi connectivity index (χ0v) is 14.7. The van der Waals surface area contributed by atoms with E-state index in [1.54, 1.807) is 12.1 Å². The van der Waals surface area contributed by atoms with Crippen LogP contribution in [0.1, 0.15) is 11.1 Å². The number of alkyl halides is 1. The fraction of sp³-hybridized carbons (Fsp3) is 0.143. The number of benzene rings is 2. The molecule has 0 bridgehead atoms. The maximum atomic E-state index is 6.13. The van der Waals surface area contributed by atoms with E-state index in [-0.39, 0.29) is 0 Å². The molecule has 0 unspecified atom stereocenters. The lowest BCUT2D eigenvalue weighted by molar-refractivity contribution is 0.482. The summed E-state index contributed by atoms with van der Waals surface area (Å²) in [5.74, 6) is 1.28. The second kappa shape index (κ2) is 6.49. The van der Waals surface area contributed by atoms with E-state index in [0.29, 0.717) is 15.8 Å². The summed E-state index contributed by atoms with van der Waals surface area (Å²) in [6.45, 7) is 2.04. The molecule has 0 radical (unpaired) electrons. The summed E-state index contributed by atoms with van der Waals surface area (Å²) in [5, 5.41) is 1.90. The van der Waals surface area contributed by atoms with Gasteiger partial charge in [-0.05, 0) is 52.2 Å². The molecule has 5 heteroatoms. The van der Waals surface area contributed by atoms with Crippen LogP contribution in [-0.2, 0) is 5.33 Å². The van der Waals surface area contributed by atoms with Gasteiger partial charge in [0, 0.05) is 15.9 Å². The molecule has 2 rings (SSSR count). The van der Waals surface area contributed by atoms with E-state index in [9.17, 15) is 0 Å². The van der Waals surface area contributed by atoms with Crippen LogP contribution >= 0.6 is 55.1 Å². The van der Waals surface area contributed by atoms with Gasteiger partial charge in [-0.1, -0.05) is 45.2 Å². The van der Waals surface area contributed by atoms with Crippen LogP contribution in [0.25, 0.3) is 0 Å². The molecule has 0 atom stereocenters. The molecule has 0 aliphatic rings. The number of halogens is 4. The highest BCUT2D eigenvalue weighted by atomic mass is 79.9. The molecule has 19 heavy (non-hydrogen) atoms. The van der Waals surface area contributed by atoms with Gasteiger partial charge in [-0.25, -0.2) is 0 Å². The zero-order valence-electron chi connectivity index (χ0n) is 10.0. The largest absolute Gasteiger partial charge is 0.456 e. The van der Waals surface area contributed by atoms with E-state index in [1.165, 1.54) is 5.56 Å². The van der Waals surface area contributed by atoms with Crippen LogP contribution in [0.5, 0.6) is 11.5 Å². The van der Waals surface area contributed by atoms with Crippen molar-refractivity contribution in [3.05, 3.63) is 56.0 Å². The third-order valence-corrected chi connectivity index (χ3v) is 4.76. The van der Waals surface area contributed by atoms with Crippen molar-refractivity contribution >= 4 is 55.1 Å². The standard InChI is InChI=1S/C14H10Br2Cl2O/c1-8-4-10(3-2-9(8)7-15)19-14-6-12(17)11(16)5-13(14)18/h2-6H,7H2,1H3. The molecule has 100 valence electrons. The molecule has 0 fully saturated rings. The molecular formula is C14H10Br2Cl2O. The van der Waals surface area contributed by atoms with Gasteiger partial charge in [0.25, 0.3) is 0 Å². The quantitative estimate of drug-likeness (QED) is 0.391. The molecule has 0 aliphatic carbocycles. The highest BCUT2D eigenvalue weighted by molar-refractivity contribution is 9.10. The van der Waals surface area contributed by atoms with Crippen molar-refractivity contribution in [1.29, 1.82) is 0 Å². The average Bonchev–Trinajstić information content (AvgIpc) is 2.36. The normalized spacial score (nSPS) is 10.6. The first kappa shape index (κ1) is 15.2. The number of aryl methyl sites for hydroxylation is 1. The molecule has 0 amide bonds. The smallest absolute Gasteiger partial charge is 0.147 e. The first-order valence-electron chi connectivity index (χ1n) is 5.49. The average molecular weight is 425 g/mol. The Morgan fingerprint density at radius 2 is 1.84 bits per heavy atom. The van der Waals surface area contributed by atoms with Crippen LogP contribution in [0.3, 0.4) is 0 Å². The molecule has 0 aliphatic heterocycles. The van der Waals surface area contributed by atoms with Crippen molar-refractivity contribution < 1.29 is 4.74 Å². The summed E-state index contributed by atoms with van der Waals surface area (Å²) in [7, 11) is 0. The van der Waals surface area contributed by atoms with Crippen LogP contribution in [0, 0.1) is 6.92 Å². The van der Waals surface area contributed by atoms with E-state index < -0.39 is 0 Å². The minimum atomic E-state index is 0.512. The second-order valence-electron chi connectivity index (χ2n) is 4.02. The summed E-state index contributed by atoms with van der Waals surface area (Å²) in [6.07, 6.45) is 0. The van der Waals surface area contributed by atoms with Crippen LogP contribution in [-0.4, -0.2) is 0 Å². The Hall–Kier alpha value is -0.220. The molecule has 0 heterocycles. The lowest BCUT2D eigenvalue weighted by Gasteiger charge is -2.11. The number of ether oxygens (including phenoxy) is 1. The molecule has 0 spiro atoms. The Labute approximate surface area is 139 Å². The summed E-state index contributed by atoms with van der Waals surface area (Å²) >= 11 is 18.9. The minimum Gasteiger partial charge on any atom is -0.456 e. The topological polar surface area (TPSA) is 9.23 Å². The van der Waals surface area contributed by atoms with E-state index in [4.69, 9.17) is 27.9 Å². The number of hydrogen-bond donors (Lipinski definition) is 0. The fourth-order valence-corrected chi connectivity index (χ4v) is 3.05. The fourth-order valence-electron chi connectivity index (χ4n) is 1.59. The van der Waals surface area contributed by atoms with Gasteiger partial charge < -0.3 is 4.74 Å². The summed E-state index contributed by atoms with van der Waals surface area (Å²) in [4.78, 5) is 0. The monoisotopic (exact) mass is 422 g/mol. The maximum absolute atomic E-state index is 6.13. The Kier molecular flexibility index (Phi) is 5.18. The van der Waals surface area contributed by atoms with Crippen LogP contribution in [0.4, 0.5) is 0 Å². The first-order chi connectivity index (χ1) is 9.01. The van der Waals surface area contributed by atoms with Crippen molar-refractivity contribution in [2.24, 2.45) is 0 Å². The van der Waals surface area contributed by atoms with Crippen molar-refractivity contribution in [2.45, 2.75) is 12.3 Å². The van der Waals surface area contributed by atoms with E-state index >= 15 is 0 Å². The van der Waals surface area contributed by atoms with Crippen molar-refractivity contribution in [3.63, 3.8) is 0 Å². The first-order valence-corrected chi connectivity index (χ1v) is 8.16. The van der Waals surface area contributed by atoms with Crippen LogP contribution < -0.4 is 4.74 Å². The summed E-state index contributed by atoms with van der Waals surface area (Å²) < 4.78 is 6.52. The van der Waals surface area contributed by atoms with Gasteiger partial charge in [-0.2, -0.15) is 0 Å². The van der Waals surface area contributed by atoms with Crippen LogP contribution in [0.15, 0.2) is 34.8 Å². The lowest BCUT2D eigenvalue weighted by atomic mass is 10.1. The van der Waals surface area contributed by atoms with Crippen molar-refractivity contribution in [2.75, 3.05) is 0 Å². The molecule has 0 saturated carbocycles. The van der Waals surface area contributed by atoms with Gasteiger partial charge in [0.2, 0.25) is 0 Å². The van der Waals surface area contributed by atoms with Gasteiger partial charge in [0.05, 0.1) is 10.0 Å². The molecule has 0 saturated heterocycles. The highest BCUT2D eigenvalue weighted by Crippen LogP contribution is 2.36. The highest BCUT2D eigenvalue weighted by Gasteiger charge is 2.08. The third kappa shape index (κ3) is 3.66. The van der Waals surface area contributed by atoms with Crippen LogP contribution in [0.2, 0.25) is 10.0 Å². The summed E-state index contributed by atoms with van der Waals surface area (Å²) in [6, 6.07) is 9.33. The van der Waals surface area contributed by atoms with Gasteiger partial charge >= 0.3 is 0 Å². The molecule has 2 aromatic rings. The second-order valence-corrected chi connectivity index (χ2v) is 6.25. The molecule has 0 aromatic heterocycles. The van der Waals surface area contributed by atoms with Gasteiger partial charge in [-0.15, -0.1) is 0 Å². The molecule has 2 aromatic carbocycles. The minimum absolute atomic E-state index is 0.512. The zero-order chi connectivity index (χ0) is 14.0. The predicted molar refractivity (Wildman–Crippen MR) is 88.0 cm³/mol. The van der Waals surface area contributed by atoms with Crippen molar-refractivity contribution in [3.8, 4) is 11.5 Å². The van der Waals surface area contributed by atoms with Crippen molar-refractivity contribution in [1.82, 2.24) is 0 Å².